The molecule has 4 heteroatoms. The first kappa shape index (κ1) is 12.4. The highest BCUT2D eigenvalue weighted by Gasteiger charge is 2.23. The fourth-order valence-corrected chi connectivity index (χ4v) is 2.62. The number of nitrogens with one attached hydrogen (secondary N) is 1. The summed E-state index contributed by atoms with van der Waals surface area (Å²) in [4.78, 5) is 15.9. The average molecular weight is 253 g/mol. The molecule has 1 N–H and O–H groups in total. The third kappa shape index (κ3) is 2.97. The number of nitrogens with zero attached hydrogens (tertiary/aromatic N) is 1. The Labute approximate surface area is 107 Å². The summed E-state index contributed by atoms with van der Waals surface area (Å²) in [6, 6.07) is 1.87. The largest absolute Gasteiger partial charge is 0.349 e. The molecule has 1 saturated carbocycles. The van der Waals surface area contributed by atoms with Crippen LogP contribution in [0.1, 0.15) is 43.0 Å². The van der Waals surface area contributed by atoms with Gasteiger partial charge >= 0.3 is 0 Å². The van der Waals surface area contributed by atoms with Crippen molar-refractivity contribution in [3.8, 4) is 0 Å². The summed E-state index contributed by atoms with van der Waals surface area (Å²) in [6.07, 6.45) is 8.07. The Morgan fingerprint density at radius 2 is 2.24 bits per heavy atom. The van der Waals surface area contributed by atoms with Crippen LogP contribution in [0, 0.1) is 5.92 Å². The Bertz CT molecular complexity index is 402. The van der Waals surface area contributed by atoms with E-state index in [1.54, 1.807) is 12.3 Å². The van der Waals surface area contributed by atoms with Crippen molar-refractivity contribution in [2.24, 2.45) is 5.92 Å². The van der Waals surface area contributed by atoms with Crippen LogP contribution in [0.5, 0.6) is 0 Å². The van der Waals surface area contributed by atoms with Gasteiger partial charge in [0.2, 0.25) is 0 Å². The molecule has 92 valence electrons. The molecule has 1 fully saturated rings. The van der Waals surface area contributed by atoms with E-state index in [1.807, 2.05) is 0 Å². The number of halogens is 1. The molecule has 2 rings (SSSR count). The highest BCUT2D eigenvalue weighted by molar-refractivity contribution is 6.33. The first-order valence-corrected chi connectivity index (χ1v) is 6.46. The molecule has 1 heterocycles. The monoisotopic (exact) mass is 252 g/mol. The molecule has 0 saturated heterocycles. The molecule has 1 unspecified atom stereocenters. The van der Waals surface area contributed by atoms with Gasteiger partial charge in [0.1, 0.15) is 0 Å². The van der Waals surface area contributed by atoms with Gasteiger partial charge in [-0.15, -0.1) is 0 Å². The van der Waals surface area contributed by atoms with Crippen molar-refractivity contribution in [2.75, 3.05) is 0 Å². The van der Waals surface area contributed by atoms with Crippen LogP contribution in [0.15, 0.2) is 18.5 Å². The summed E-state index contributed by atoms with van der Waals surface area (Å²) in [5.41, 5.74) is 0.506. The number of hydrogen-bond donors (Lipinski definition) is 1. The molecule has 0 spiro atoms. The minimum atomic E-state index is -0.100. The standard InChI is InChI=1S/C13H17ClN2O/c1-9(10-4-2-3-5-10)16-13(17)11-6-7-15-8-12(11)14/h6-10H,2-5H2,1H3,(H,16,17). The summed E-state index contributed by atoms with van der Waals surface area (Å²) < 4.78 is 0. The number of carbonyl (C=O) groups is 1. The Kier molecular flexibility index (Phi) is 4.00. The highest BCUT2D eigenvalue weighted by Crippen LogP contribution is 2.27. The van der Waals surface area contributed by atoms with Crippen LogP contribution in [0.3, 0.4) is 0 Å². The smallest absolute Gasteiger partial charge is 0.253 e. The fraction of sp³-hybridized carbons (Fsp3) is 0.538. The normalized spacial score (nSPS) is 18.0. The van der Waals surface area contributed by atoms with Gasteiger partial charge in [0.15, 0.2) is 0 Å². The lowest BCUT2D eigenvalue weighted by Gasteiger charge is -2.20. The Hall–Kier alpha value is -1.09. The topological polar surface area (TPSA) is 42.0 Å². The van der Waals surface area contributed by atoms with Gasteiger partial charge in [0.05, 0.1) is 10.6 Å². The second-order valence-corrected chi connectivity index (χ2v) is 5.07. The lowest BCUT2D eigenvalue weighted by atomic mass is 9.99. The van der Waals surface area contributed by atoms with Crippen molar-refractivity contribution in [1.29, 1.82) is 0 Å². The maximum atomic E-state index is 12.0. The van der Waals surface area contributed by atoms with Crippen LogP contribution in [0.2, 0.25) is 5.02 Å². The van der Waals surface area contributed by atoms with Crippen LogP contribution in [0.4, 0.5) is 0 Å². The lowest BCUT2D eigenvalue weighted by Crippen LogP contribution is -2.37. The lowest BCUT2D eigenvalue weighted by molar-refractivity contribution is 0.0927. The van der Waals surface area contributed by atoms with Crippen LogP contribution < -0.4 is 5.32 Å². The highest BCUT2D eigenvalue weighted by atomic mass is 35.5. The first-order chi connectivity index (χ1) is 8.18. The third-order valence-corrected chi connectivity index (χ3v) is 3.78. The van der Waals surface area contributed by atoms with Crippen molar-refractivity contribution in [3.05, 3.63) is 29.0 Å². The van der Waals surface area contributed by atoms with E-state index in [0.717, 1.165) is 0 Å². The Morgan fingerprint density at radius 3 is 2.88 bits per heavy atom. The number of aromatic nitrogens is 1. The van der Waals surface area contributed by atoms with E-state index in [1.165, 1.54) is 31.9 Å². The van der Waals surface area contributed by atoms with E-state index < -0.39 is 0 Å². The number of amides is 1. The van der Waals surface area contributed by atoms with Gasteiger partial charge in [-0.2, -0.15) is 0 Å². The predicted molar refractivity (Wildman–Crippen MR) is 68.1 cm³/mol. The summed E-state index contributed by atoms with van der Waals surface area (Å²) in [6.45, 7) is 2.07. The molecule has 17 heavy (non-hydrogen) atoms. The summed E-state index contributed by atoms with van der Waals surface area (Å²) in [7, 11) is 0. The van der Waals surface area contributed by atoms with E-state index in [9.17, 15) is 4.79 Å². The molecule has 3 nitrogen and oxygen atoms in total. The zero-order valence-electron chi connectivity index (χ0n) is 9.95. The van der Waals surface area contributed by atoms with Crippen LogP contribution in [-0.2, 0) is 0 Å². The van der Waals surface area contributed by atoms with Crippen LogP contribution >= 0.6 is 11.6 Å². The first-order valence-electron chi connectivity index (χ1n) is 6.09. The van der Waals surface area contributed by atoms with Gasteiger partial charge in [0.25, 0.3) is 5.91 Å². The Balaban J connectivity index is 1.99. The second-order valence-electron chi connectivity index (χ2n) is 4.66. The molecule has 0 aromatic carbocycles. The van der Waals surface area contributed by atoms with Crippen LogP contribution in [-0.4, -0.2) is 16.9 Å². The molecule has 1 atom stereocenters. The third-order valence-electron chi connectivity index (χ3n) is 3.48. The van der Waals surface area contributed by atoms with Crippen LogP contribution in [0.25, 0.3) is 0 Å². The van der Waals surface area contributed by atoms with Gasteiger partial charge in [-0.1, -0.05) is 24.4 Å². The molecule has 1 aliphatic rings. The quantitative estimate of drug-likeness (QED) is 0.899. The molecule has 1 aliphatic carbocycles. The van der Waals surface area contributed by atoms with Gasteiger partial charge in [-0.3, -0.25) is 9.78 Å². The minimum absolute atomic E-state index is 0.100. The molecular formula is C13H17ClN2O. The van der Waals surface area contributed by atoms with E-state index in [2.05, 4.69) is 17.2 Å². The summed E-state index contributed by atoms with van der Waals surface area (Å²) >= 11 is 5.94. The van der Waals surface area contributed by atoms with Gasteiger partial charge in [-0.25, -0.2) is 0 Å². The Morgan fingerprint density at radius 1 is 1.53 bits per heavy atom. The summed E-state index contributed by atoms with van der Waals surface area (Å²) in [5, 5.41) is 3.43. The van der Waals surface area contributed by atoms with Gasteiger partial charge in [-0.05, 0) is 31.7 Å². The number of carbonyl (C=O) groups excluding carboxylic acids is 1. The van der Waals surface area contributed by atoms with Gasteiger partial charge < -0.3 is 5.32 Å². The zero-order chi connectivity index (χ0) is 12.3. The van der Waals surface area contributed by atoms with E-state index in [4.69, 9.17) is 11.6 Å². The van der Waals surface area contributed by atoms with E-state index in [0.29, 0.717) is 16.5 Å². The fourth-order valence-electron chi connectivity index (χ4n) is 2.42. The van der Waals surface area contributed by atoms with E-state index in [-0.39, 0.29) is 11.9 Å². The van der Waals surface area contributed by atoms with E-state index >= 15 is 0 Å². The maximum Gasteiger partial charge on any atom is 0.253 e. The zero-order valence-corrected chi connectivity index (χ0v) is 10.7. The molecule has 0 radical (unpaired) electrons. The number of hydrogen-bond acceptors (Lipinski definition) is 2. The molecule has 1 aromatic heterocycles. The van der Waals surface area contributed by atoms with Crippen molar-refractivity contribution in [2.45, 2.75) is 38.6 Å². The number of pyridine rings is 1. The number of rotatable bonds is 3. The maximum absolute atomic E-state index is 12.0. The van der Waals surface area contributed by atoms with Crippen molar-refractivity contribution < 1.29 is 4.79 Å². The molecule has 1 aromatic rings. The molecule has 0 bridgehead atoms. The predicted octanol–water partition coefficient (Wildman–Crippen LogP) is 3.04. The summed E-state index contributed by atoms with van der Waals surface area (Å²) in [5.74, 6) is 0.511. The van der Waals surface area contributed by atoms with Crippen molar-refractivity contribution >= 4 is 17.5 Å². The minimum Gasteiger partial charge on any atom is -0.349 e. The molecule has 1 amide bonds. The second kappa shape index (κ2) is 5.50. The van der Waals surface area contributed by atoms with Crippen molar-refractivity contribution in [3.63, 3.8) is 0 Å². The van der Waals surface area contributed by atoms with Crippen molar-refractivity contribution in [1.82, 2.24) is 10.3 Å². The molecule has 0 aliphatic heterocycles. The molecular weight excluding hydrogens is 236 g/mol. The van der Waals surface area contributed by atoms with Gasteiger partial charge in [0, 0.05) is 18.4 Å². The average Bonchev–Trinajstić information content (AvgIpc) is 2.82. The SMILES string of the molecule is CC(NC(=O)c1ccncc1Cl)C1CCCC1.